The summed E-state index contributed by atoms with van der Waals surface area (Å²) < 4.78 is 0. The average Bonchev–Trinajstić information content (AvgIpc) is 2.38. The fourth-order valence-corrected chi connectivity index (χ4v) is 3.13. The summed E-state index contributed by atoms with van der Waals surface area (Å²) >= 11 is 0. The van der Waals surface area contributed by atoms with Crippen LogP contribution in [0.3, 0.4) is 0 Å². The minimum atomic E-state index is -0.502. The summed E-state index contributed by atoms with van der Waals surface area (Å²) in [4.78, 5) is 14.0. The van der Waals surface area contributed by atoms with Gasteiger partial charge in [0.15, 0.2) is 0 Å². The van der Waals surface area contributed by atoms with Gasteiger partial charge in [-0.05, 0) is 49.8 Å². The molecular formula is C16H22N2O. The summed E-state index contributed by atoms with van der Waals surface area (Å²) in [5.41, 5.74) is 9.65. The van der Waals surface area contributed by atoms with Crippen LogP contribution in [0.15, 0.2) is 46.4 Å². The first-order valence-electron chi connectivity index (χ1n) is 6.83. The van der Waals surface area contributed by atoms with Gasteiger partial charge in [0.05, 0.1) is 5.54 Å². The molecule has 0 bridgehead atoms. The highest BCUT2D eigenvalue weighted by Gasteiger charge is 2.37. The highest BCUT2D eigenvalue weighted by molar-refractivity contribution is 5.41. The van der Waals surface area contributed by atoms with Gasteiger partial charge in [0, 0.05) is 12.3 Å². The van der Waals surface area contributed by atoms with Crippen molar-refractivity contribution in [3.05, 3.63) is 57.5 Å². The van der Waals surface area contributed by atoms with E-state index in [9.17, 15) is 4.79 Å². The highest BCUT2D eigenvalue weighted by Crippen LogP contribution is 2.42. The van der Waals surface area contributed by atoms with Gasteiger partial charge >= 0.3 is 0 Å². The van der Waals surface area contributed by atoms with Gasteiger partial charge in [-0.15, -0.1) is 0 Å². The molecule has 1 heterocycles. The van der Waals surface area contributed by atoms with Crippen molar-refractivity contribution in [2.24, 2.45) is 11.7 Å². The van der Waals surface area contributed by atoms with E-state index < -0.39 is 5.54 Å². The van der Waals surface area contributed by atoms with Crippen LogP contribution in [0.1, 0.15) is 39.2 Å². The monoisotopic (exact) mass is 258 g/mol. The first kappa shape index (κ1) is 13.8. The van der Waals surface area contributed by atoms with Crippen molar-refractivity contribution in [3.63, 3.8) is 0 Å². The lowest BCUT2D eigenvalue weighted by atomic mass is 9.69. The number of aromatic amines is 1. The molecule has 1 aromatic rings. The molecule has 102 valence electrons. The summed E-state index contributed by atoms with van der Waals surface area (Å²) in [5.74, 6) is 0.385. The Morgan fingerprint density at radius 3 is 2.79 bits per heavy atom. The predicted molar refractivity (Wildman–Crippen MR) is 78.8 cm³/mol. The molecule has 1 aliphatic rings. The minimum Gasteiger partial charge on any atom is -0.329 e. The van der Waals surface area contributed by atoms with Gasteiger partial charge < -0.3 is 10.7 Å². The molecule has 3 heteroatoms. The standard InChI is InChI=1S/C16H22N2O/c1-4-12-8-11(3)9-16(17,14(12)5-2)13-6-7-15(19)18-10-13/h5-8,10,12H,4,9,17H2,1-3H3,(H,18,19)/b14-5+/t12-,16+/m1/s1. The number of pyridine rings is 1. The molecule has 2 rings (SSSR count). The number of rotatable bonds is 2. The van der Waals surface area contributed by atoms with Gasteiger partial charge in [-0.1, -0.05) is 24.6 Å². The summed E-state index contributed by atoms with van der Waals surface area (Å²) in [5, 5.41) is 0. The van der Waals surface area contributed by atoms with E-state index in [0.717, 1.165) is 18.4 Å². The Hall–Kier alpha value is -1.61. The molecule has 1 aromatic heterocycles. The summed E-state index contributed by atoms with van der Waals surface area (Å²) in [6, 6.07) is 3.39. The summed E-state index contributed by atoms with van der Waals surface area (Å²) in [6.45, 7) is 6.35. The van der Waals surface area contributed by atoms with Gasteiger partial charge in [-0.25, -0.2) is 0 Å². The average molecular weight is 258 g/mol. The van der Waals surface area contributed by atoms with Crippen molar-refractivity contribution >= 4 is 0 Å². The lowest BCUT2D eigenvalue weighted by molar-refractivity contribution is 0.439. The largest absolute Gasteiger partial charge is 0.329 e. The molecular weight excluding hydrogens is 236 g/mol. The van der Waals surface area contributed by atoms with Crippen LogP contribution in [0.2, 0.25) is 0 Å². The molecule has 0 amide bonds. The second-order valence-electron chi connectivity index (χ2n) is 5.36. The molecule has 0 fully saturated rings. The van der Waals surface area contributed by atoms with Gasteiger partial charge in [0.1, 0.15) is 0 Å². The van der Waals surface area contributed by atoms with Crippen molar-refractivity contribution < 1.29 is 0 Å². The third-order valence-corrected chi connectivity index (χ3v) is 4.01. The first-order chi connectivity index (χ1) is 9.01. The number of nitrogens with one attached hydrogen (secondary N) is 1. The van der Waals surface area contributed by atoms with E-state index in [1.807, 2.05) is 13.0 Å². The van der Waals surface area contributed by atoms with Gasteiger partial charge in [-0.3, -0.25) is 4.79 Å². The topological polar surface area (TPSA) is 58.9 Å². The molecule has 2 atom stereocenters. The molecule has 0 aromatic carbocycles. The van der Waals surface area contributed by atoms with E-state index in [-0.39, 0.29) is 5.56 Å². The number of nitrogens with two attached hydrogens (primary N) is 1. The number of hydrogen-bond donors (Lipinski definition) is 2. The number of hydrogen-bond acceptors (Lipinski definition) is 2. The molecule has 0 radical (unpaired) electrons. The zero-order chi connectivity index (χ0) is 14.0. The molecule has 0 unspecified atom stereocenters. The minimum absolute atomic E-state index is 0.0931. The van der Waals surface area contributed by atoms with Gasteiger partial charge in [0.25, 0.3) is 0 Å². The molecule has 0 saturated carbocycles. The van der Waals surface area contributed by atoms with Crippen LogP contribution in [-0.2, 0) is 5.54 Å². The second kappa shape index (κ2) is 5.17. The molecule has 19 heavy (non-hydrogen) atoms. The molecule has 3 nitrogen and oxygen atoms in total. The third kappa shape index (κ3) is 2.43. The van der Waals surface area contributed by atoms with Gasteiger partial charge in [0.2, 0.25) is 5.56 Å². The van der Waals surface area contributed by atoms with Crippen LogP contribution < -0.4 is 11.3 Å². The molecule has 0 saturated heterocycles. The maximum absolute atomic E-state index is 11.2. The van der Waals surface area contributed by atoms with Crippen LogP contribution >= 0.6 is 0 Å². The maximum atomic E-state index is 11.2. The van der Waals surface area contributed by atoms with Gasteiger partial charge in [-0.2, -0.15) is 0 Å². The second-order valence-corrected chi connectivity index (χ2v) is 5.36. The number of allylic oxidation sites excluding steroid dienone is 2. The van der Waals surface area contributed by atoms with Crippen LogP contribution in [-0.4, -0.2) is 4.98 Å². The van der Waals surface area contributed by atoms with Crippen molar-refractivity contribution in [3.8, 4) is 0 Å². The molecule has 0 aliphatic heterocycles. The van der Waals surface area contributed by atoms with Crippen molar-refractivity contribution in [1.29, 1.82) is 0 Å². The fraction of sp³-hybridized carbons (Fsp3) is 0.438. The van der Waals surface area contributed by atoms with E-state index >= 15 is 0 Å². The SMILES string of the molecule is C/C=C1\[C@H](CC)C=C(C)C[C@]1(N)c1ccc(=O)[nH]c1. The quantitative estimate of drug-likeness (QED) is 0.801. The molecule has 1 aliphatic carbocycles. The Labute approximate surface area is 114 Å². The zero-order valence-electron chi connectivity index (χ0n) is 11.9. The lowest BCUT2D eigenvalue weighted by Gasteiger charge is -2.40. The van der Waals surface area contributed by atoms with E-state index in [4.69, 9.17) is 5.73 Å². The van der Waals surface area contributed by atoms with Crippen LogP contribution in [0, 0.1) is 5.92 Å². The Balaban J connectivity index is 2.54. The Morgan fingerprint density at radius 2 is 2.26 bits per heavy atom. The van der Waals surface area contributed by atoms with Crippen molar-refractivity contribution in [1.82, 2.24) is 4.98 Å². The van der Waals surface area contributed by atoms with E-state index in [2.05, 4.69) is 31.0 Å². The fourth-order valence-electron chi connectivity index (χ4n) is 3.13. The van der Waals surface area contributed by atoms with E-state index in [1.165, 1.54) is 11.1 Å². The van der Waals surface area contributed by atoms with Crippen molar-refractivity contribution in [2.45, 2.75) is 39.2 Å². The van der Waals surface area contributed by atoms with Crippen LogP contribution in [0.25, 0.3) is 0 Å². The zero-order valence-corrected chi connectivity index (χ0v) is 11.9. The maximum Gasteiger partial charge on any atom is 0.247 e. The third-order valence-electron chi connectivity index (χ3n) is 4.01. The Bertz CT molecular complexity index is 562. The highest BCUT2D eigenvalue weighted by atomic mass is 16.1. The number of aromatic nitrogens is 1. The number of H-pyrrole nitrogens is 1. The Morgan fingerprint density at radius 1 is 1.53 bits per heavy atom. The predicted octanol–water partition coefficient (Wildman–Crippen LogP) is 2.85. The smallest absolute Gasteiger partial charge is 0.247 e. The van der Waals surface area contributed by atoms with E-state index in [0.29, 0.717) is 5.92 Å². The van der Waals surface area contributed by atoms with E-state index in [1.54, 1.807) is 12.3 Å². The molecule has 3 N–H and O–H groups in total. The lowest BCUT2D eigenvalue weighted by Crippen LogP contribution is -2.43. The summed E-state index contributed by atoms with van der Waals surface area (Å²) in [6.07, 6.45) is 8.03. The molecule has 0 spiro atoms. The van der Waals surface area contributed by atoms with Crippen LogP contribution in [0.5, 0.6) is 0 Å². The first-order valence-corrected chi connectivity index (χ1v) is 6.83. The Kier molecular flexibility index (Phi) is 3.76. The normalized spacial score (nSPS) is 29.4. The van der Waals surface area contributed by atoms with Crippen molar-refractivity contribution in [2.75, 3.05) is 0 Å². The summed E-state index contributed by atoms with van der Waals surface area (Å²) in [7, 11) is 0. The van der Waals surface area contributed by atoms with Crippen LogP contribution in [0.4, 0.5) is 0 Å².